The second-order valence-electron chi connectivity index (χ2n) is 3.29. The van der Waals surface area contributed by atoms with Crippen molar-refractivity contribution >= 4 is 5.97 Å². The molecule has 14 heavy (non-hydrogen) atoms. The predicted octanol–water partition coefficient (Wildman–Crippen LogP) is 2.54. The van der Waals surface area contributed by atoms with Crippen LogP contribution in [-0.4, -0.2) is 25.8 Å². The Morgan fingerprint density at radius 1 is 1.00 bits per heavy atom. The summed E-state index contributed by atoms with van der Waals surface area (Å²) in [4.78, 5) is 11.0. The minimum absolute atomic E-state index is 0.151. The first-order chi connectivity index (χ1) is 6.81. The van der Waals surface area contributed by atoms with Crippen molar-refractivity contribution in [3.8, 4) is 0 Å². The van der Waals surface area contributed by atoms with Crippen molar-refractivity contribution in [1.82, 2.24) is 0 Å². The van der Waals surface area contributed by atoms with E-state index in [1.165, 1.54) is 12.8 Å². The van der Waals surface area contributed by atoms with Crippen molar-refractivity contribution in [1.29, 1.82) is 0 Å². The number of carbonyl (C=O) groups is 1. The van der Waals surface area contributed by atoms with Crippen LogP contribution in [0.15, 0.2) is 0 Å². The quantitative estimate of drug-likeness (QED) is 0.426. The van der Waals surface area contributed by atoms with Crippen LogP contribution in [0.2, 0.25) is 0 Å². The molecule has 0 radical (unpaired) electrons. The largest absolute Gasteiger partial charge is 0.466 e. The number of ether oxygens (including phenoxy) is 2. The van der Waals surface area contributed by atoms with Gasteiger partial charge in [-0.3, -0.25) is 4.79 Å². The van der Waals surface area contributed by atoms with Crippen molar-refractivity contribution in [2.24, 2.45) is 0 Å². The van der Waals surface area contributed by atoms with Gasteiger partial charge in [0.15, 0.2) is 0 Å². The number of rotatable bonds is 9. The zero-order valence-electron chi connectivity index (χ0n) is 9.38. The summed E-state index contributed by atoms with van der Waals surface area (Å²) in [6.45, 7) is 5.91. The monoisotopic (exact) mass is 202 g/mol. The number of esters is 1. The Morgan fingerprint density at radius 2 is 1.79 bits per heavy atom. The van der Waals surface area contributed by atoms with E-state index in [1.807, 2.05) is 6.92 Å². The van der Waals surface area contributed by atoms with E-state index in [0.29, 0.717) is 19.6 Å². The highest BCUT2D eigenvalue weighted by Crippen LogP contribution is 1.95. The molecule has 0 N–H and O–H groups in total. The Labute approximate surface area is 86.8 Å². The third-order valence-electron chi connectivity index (χ3n) is 1.81. The van der Waals surface area contributed by atoms with Gasteiger partial charge in [-0.05, 0) is 12.8 Å². The van der Waals surface area contributed by atoms with Crippen LogP contribution in [0.25, 0.3) is 0 Å². The highest BCUT2D eigenvalue weighted by Gasteiger charge is 2.00. The summed E-state index contributed by atoms with van der Waals surface area (Å²) in [7, 11) is 0. The molecule has 3 nitrogen and oxygen atoms in total. The number of unbranched alkanes of at least 4 members (excludes halogenated alkanes) is 2. The zero-order chi connectivity index (χ0) is 10.6. The van der Waals surface area contributed by atoms with E-state index >= 15 is 0 Å². The molecule has 0 aliphatic rings. The lowest BCUT2D eigenvalue weighted by Gasteiger charge is -2.04. The molecule has 0 amide bonds. The topological polar surface area (TPSA) is 35.5 Å². The summed E-state index contributed by atoms with van der Waals surface area (Å²) in [5, 5.41) is 0. The van der Waals surface area contributed by atoms with E-state index < -0.39 is 0 Å². The molecule has 0 rings (SSSR count). The van der Waals surface area contributed by atoms with Gasteiger partial charge in [-0.25, -0.2) is 0 Å². The van der Waals surface area contributed by atoms with Gasteiger partial charge in [0.25, 0.3) is 0 Å². The van der Waals surface area contributed by atoms with Crippen LogP contribution in [-0.2, 0) is 14.3 Å². The van der Waals surface area contributed by atoms with Gasteiger partial charge in [0.2, 0.25) is 0 Å². The first kappa shape index (κ1) is 13.4. The van der Waals surface area contributed by atoms with Crippen LogP contribution in [0.4, 0.5) is 0 Å². The normalized spacial score (nSPS) is 10.1. The maximum absolute atomic E-state index is 11.0. The fourth-order valence-electron chi connectivity index (χ4n) is 1.000. The van der Waals surface area contributed by atoms with E-state index in [4.69, 9.17) is 9.47 Å². The molecule has 0 fully saturated rings. The third kappa shape index (κ3) is 9.52. The molecule has 3 heteroatoms. The molecular weight excluding hydrogens is 180 g/mol. The molecule has 0 heterocycles. The molecule has 0 saturated heterocycles. The number of hydrogen-bond donors (Lipinski definition) is 0. The van der Waals surface area contributed by atoms with Gasteiger partial charge >= 0.3 is 5.97 Å². The molecule has 0 unspecified atom stereocenters. The predicted molar refractivity (Wildman–Crippen MR) is 56.2 cm³/mol. The summed E-state index contributed by atoms with van der Waals surface area (Å²) >= 11 is 0. The first-order valence-electron chi connectivity index (χ1n) is 5.54. The Morgan fingerprint density at radius 3 is 2.43 bits per heavy atom. The Kier molecular flexibility index (Phi) is 10.1. The lowest BCUT2D eigenvalue weighted by atomic mass is 10.3. The second-order valence-corrected chi connectivity index (χ2v) is 3.29. The molecule has 0 aliphatic heterocycles. The van der Waals surface area contributed by atoms with Crippen molar-refractivity contribution in [3.63, 3.8) is 0 Å². The lowest BCUT2D eigenvalue weighted by Crippen LogP contribution is -2.09. The second kappa shape index (κ2) is 10.5. The third-order valence-corrected chi connectivity index (χ3v) is 1.81. The average Bonchev–Trinajstić information content (AvgIpc) is 2.20. The van der Waals surface area contributed by atoms with Crippen molar-refractivity contribution < 1.29 is 14.3 Å². The highest BCUT2D eigenvalue weighted by atomic mass is 16.5. The number of carbonyl (C=O) groups excluding carboxylic acids is 1. The first-order valence-corrected chi connectivity index (χ1v) is 5.54. The lowest BCUT2D eigenvalue weighted by molar-refractivity contribution is -0.144. The van der Waals surface area contributed by atoms with Crippen molar-refractivity contribution in [2.75, 3.05) is 19.8 Å². The van der Waals surface area contributed by atoms with Gasteiger partial charge < -0.3 is 9.47 Å². The Hall–Kier alpha value is -0.570. The van der Waals surface area contributed by atoms with Gasteiger partial charge in [-0.2, -0.15) is 0 Å². The van der Waals surface area contributed by atoms with Gasteiger partial charge in [0.1, 0.15) is 0 Å². The van der Waals surface area contributed by atoms with Crippen LogP contribution in [0, 0.1) is 0 Å². The molecule has 0 saturated carbocycles. The Balaban J connectivity index is 3.07. The van der Waals surface area contributed by atoms with E-state index in [0.717, 1.165) is 19.4 Å². The molecule has 0 aromatic heterocycles. The molecule has 0 atom stereocenters. The SMILES string of the molecule is CCCCCOCCC(=O)OCCC. The van der Waals surface area contributed by atoms with Gasteiger partial charge in [-0.15, -0.1) is 0 Å². The maximum Gasteiger partial charge on any atom is 0.308 e. The number of hydrogen-bond acceptors (Lipinski definition) is 3. The van der Waals surface area contributed by atoms with Crippen LogP contribution in [0.5, 0.6) is 0 Å². The van der Waals surface area contributed by atoms with Crippen LogP contribution in [0.1, 0.15) is 46.0 Å². The van der Waals surface area contributed by atoms with E-state index in [2.05, 4.69) is 6.92 Å². The molecule has 0 aromatic rings. The molecule has 0 spiro atoms. The Bertz CT molecular complexity index is 134. The molecule has 84 valence electrons. The summed E-state index contributed by atoms with van der Waals surface area (Å²) in [5.41, 5.74) is 0. The fraction of sp³-hybridized carbons (Fsp3) is 0.909. The van der Waals surface area contributed by atoms with Crippen molar-refractivity contribution in [3.05, 3.63) is 0 Å². The minimum atomic E-state index is -0.151. The van der Waals surface area contributed by atoms with E-state index in [9.17, 15) is 4.79 Å². The molecule has 0 aliphatic carbocycles. The molecule has 0 bridgehead atoms. The van der Waals surface area contributed by atoms with Gasteiger partial charge in [0.05, 0.1) is 19.6 Å². The summed E-state index contributed by atoms with van der Waals surface area (Å²) in [6.07, 6.45) is 4.73. The fourth-order valence-corrected chi connectivity index (χ4v) is 1.000. The summed E-state index contributed by atoms with van der Waals surface area (Å²) in [6, 6.07) is 0. The van der Waals surface area contributed by atoms with Crippen LogP contribution < -0.4 is 0 Å². The average molecular weight is 202 g/mol. The van der Waals surface area contributed by atoms with Gasteiger partial charge in [-0.1, -0.05) is 26.7 Å². The standard InChI is InChI=1S/C11H22O3/c1-3-5-6-9-13-10-7-11(12)14-8-4-2/h3-10H2,1-2H3. The highest BCUT2D eigenvalue weighted by molar-refractivity contribution is 5.69. The molecule has 0 aromatic carbocycles. The van der Waals surface area contributed by atoms with Gasteiger partial charge in [0, 0.05) is 6.61 Å². The minimum Gasteiger partial charge on any atom is -0.466 e. The summed E-state index contributed by atoms with van der Waals surface area (Å²) < 4.78 is 10.2. The van der Waals surface area contributed by atoms with E-state index in [-0.39, 0.29) is 5.97 Å². The zero-order valence-corrected chi connectivity index (χ0v) is 9.38. The van der Waals surface area contributed by atoms with Crippen LogP contribution >= 0.6 is 0 Å². The van der Waals surface area contributed by atoms with Crippen LogP contribution in [0.3, 0.4) is 0 Å². The smallest absolute Gasteiger partial charge is 0.308 e. The molecular formula is C11H22O3. The maximum atomic E-state index is 11.0. The van der Waals surface area contributed by atoms with Crippen molar-refractivity contribution in [2.45, 2.75) is 46.0 Å². The summed E-state index contributed by atoms with van der Waals surface area (Å²) in [5.74, 6) is -0.151. The van der Waals surface area contributed by atoms with E-state index in [1.54, 1.807) is 0 Å².